The molecule has 0 bridgehead atoms. The molecule has 0 aromatic heterocycles. The Balaban J connectivity index is 2.46. The number of carbonyl (C=O) groups excluding carboxylic acids is 1. The van der Waals surface area contributed by atoms with Gasteiger partial charge in [-0.2, -0.15) is 4.31 Å². The molecule has 1 N–H and O–H groups in total. The fraction of sp³-hybridized carbons (Fsp3) is 0.417. The lowest BCUT2D eigenvalue weighted by molar-refractivity contribution is -0.121. The summed E-state index contributed by atoms with van der Waals surface area (Å²) in [5.41, 5.74) is 0.956. The lowest BCUT2D eigenvalue weighted by Gasteiger charge is -2.15. The molecule has 1 rings (SSSR count). The van der Waals surface area contributed by atoms with Crippen LogP contribution in [-0.4, -0.2) is 38.0 Å². The Hall–Kier alpha value is -0.920. The molecule has 0 aliphatic rings. The SMILES string of the molecule is CCS(=O)(=O)N(C)CC(=O)NCc1ccc(Br)cc1. The molecule has 0 saturated heterocycles. The molecule has 5 nitrogen and oxygen atoms in total. The van der Waals surface area contributed by atoms with Crippen molar-refractivity contribution in [3.63, 3.8) is 0 Å². The van der Waals surface area contributed by atoms with Gasteiger partial charge in [-0.15, -0.1) is 0 Å². The smallest absolute Gasteiger partial charge is 0.235 e. The molecule has 0 heterocycles. The summed E-state index contributed by atoms with van der Waals surface area (Å²) in [4.78, 5) is 11.6. The van der Waals surface area contributed by atoms with Gasteiger partial charge in [-0.1, -0.05) is 28.1 Å². The first-order chi connectivity index (χ1) is 8.85. The molecule has 106 valence electrons. The molecule has 1 aromatic rings. The van der Waals surface area contributed by atoms with Crippen LogP contribution >= 0.6 is 15.9 Å². The zero-order chi connectivity index (χ0) is 14.5. The second kappa shape index (κ2) is 7.02. The van der Waals surface area contributed by atoms with Crippen molar-refractivity contribution in [2.75, 3.05) is 19.3 Å². The van der Waals surface area contributed by atoms with E-state index < -0.39 is 10.0 Å². The maximum Gasteiger partial charge on any atom is 0.235 e. The molecule has 0 aliphatic heterocycles. The number of sulfonamides is 1. The number of benzene rings is 1. The Morgan fingerprint density at radius 1 is 1.32 bits per heavy atom. The largest absolute Gasteiger partial charge is 0.351 e. The average molecular weight is 349 g/mol. The first kappa shape index (κ1) is 16.1. The lowest BCUT2D eigenvalue weighted by Crippen LogP contribution is -2.38. The van der Waals surface area contributed by atoms with Gasteiger partial charge in [0.05, 0.1) is 12.3 Å². The number of likely N-dealkylation sites (N-methyl/N-ethyl adjacent to an activating group) is 1. The molecule has 0 unspecified atom stereocenters. The maximum atomic E-state index is 11.6. The third-order valence-corrected chi connectivity index (χ3v) is 4.95. The van der Waals surface area contributed by atoms with E-state index in [0.29, 0.717) is 6.54 Å². The van der Waals surface area contributed by atoms with E-state index in [2.05, 4.69) is 21.2 Å². The quantitative estimate of drug-likeness (QED) is 0.843. The van der Waals surface area contributed by atoms with Crippen molar-refractivity contribution < 1.29 is 13.2 Å². The van der Waals surface area contributed by atoms with Crippen LogP contribution in [0.25, 0.3) is 0 Å². The number of amides is 1. The van der Waals surface area contributed by atoms with E-state index in [0.717, 1.165) is 14.3 Å². The van der Waals surface area contributed by atoms with Crippen LogP contribution < -0.4 is 5.32 Å². The zero-order valence-corrected chi connectivity index (χ0v) is 13.3. The van der Waals surface area contributed by atoms with Crippen LogP contribution in [-0.2, 0) is 21.4 Å². The van der Waals surface area contributed by atoms with Crippen LogP contribution in [0.1, 0.15) is 12.5 Å². The second-order valence-electron chi connectivity index (χ2n) is 4.06. The highest BCUT2D eigenvalue weighted by Crippen LogP contribution is 2.10. The highest BCUT2D eigenvalue weighted by molar-refractivity contribution is 9.10. The average Bonchev–Trinajstić information content (AvgIpc) is 2.38. The number of halogens is 1. The van der Waals surface area contributed by atoms with Gasteiger partial charge in [0.2, 0.25) is 15.9 Å². The third-order valence-electron chi connectivity index (χ3n) is 2.61. The van der Waals surface area contributed by atoms with Gasteiger partial charge >= 0.3 is 0 Å². The van der Waals surface area contributed by atoms with Crippen molar-refractivity contribution in [3.8, 4) is 0 Å². The molecule has 1 aromatic carbocycles. The van der Waals surface area contributed by atoms with E-state index in [-0.39, 0.29) is 18.2 Å². The summed E-state index contributed by atoms with van der Waals surface area (Å²) in [7, 11) is -1.91. The third kappa shape index (κ3) is 5.30. The molecule has 0 radical (unpaired) electrons. The Labute approximate surface area is 122 Å². The summed E-state index contributed by atoms with van der Waals surface area (Å²) in [5, 5.41) is 2.69. The topological polar surface area (TPSA) is 66.5 Å². The predicted octanol–water partition coefficient (Wildman–Crippen LogP) is 1.35. The van der Waals surface area contributed by atoms with Crippen LogP contribution in [0.2, 0.25) is 0 Å². The van der Waals surface area contributed by atoms with Crippen LogP contribution in [0.3, 0.4) is 0 Å². The first-order valence-electron chi connectivity index (χ1n) is 5.80. The Kier molecular flexibility index (Phi) is 5.96. The van der Waals surface area contributed by atoms with Gasteiger partial charge in [0.25, 0.3) is 0 Å². The Bertz CT molecular complexity index is 528. The van der Waals surface area contributed by atoms with E-state index in [4.69, 9.17) is 0 Å². The van der Waals surface area contributed by atoms with Crippen molar-refractivity contribution in [2.45, 2.75) is 13.5 Å². The summed E-state index contributed by atoms with van der Waals surface area (Å²) in [5.74, 6) is -0.328. The number of nitrogens with one attached hydrogen (secondary N) is 1. The number of nitrogens with zero attached hydrogens (tertiary/aromatic N) is 1. The van der Waals surface area contributed by atoms with Crippen LogP contribution in [0.4, 0.5) is 0 Å². The van der Waals surface area contributed by atoms with E-state index in [9.17, 15) is 13.2 Å². The minimum atomic E-state index is -3.32. The van der Waals surface area contributed by atoms with Crippen LogP contribution in [0, 0.1) is 0 Å². The number of rotatable bonds is 6. The zero-order valence-electron chi connectivity index (χ0n) is 10.9. The van der Waals surface area contributed by atoms with Crippen LogP contribution in [0.5, 0.6) is 0 Å². The maximum absolute atomic E-state index is 11.6. The van der Waals surface area contributed by atoms with E-state index >= 15 is 0 Å². The van der Waals surface area contributed by atoms with Crippen molar-refractivity contribution >= 4 is 31.9 Å². The van der Waals surface area contributed by atoms with Gasteiger partial charge in [-0.25, -0.2) is 8.42 Å². The van der Waals surface area contributed by atoms with E-state index in [1.807, 2.05) is 24.3 Å². The highest BCUT2D eigenvalue weighted by atomic mass is 79.9. The van der Waals surface area contributed by atoms with Gasteiger partial charge in [0.1, 0.15) is 0 Å². The van der Waals surface area contributed by atoms with Gasteiger partial charge in [0.15, 0.2) is 0 Å². The van der Waals surface area contributed by atoms with E-state index in [1.54, 1.807) is 6.92 Å². The summed E-state index contributed by atoms with van der Waals surface area (Å²) >= 11 is 3.33. The van der Waals surface area contributed by atoms with Gasteiger partial charge < -0.3 is 5.32 Å². The van der Waals surface area contributed by atoms with Crippen molar-refractivity contribution in [1.29, 1.82) is 0 Å². The van der Waals surface area contributed by atoms with Crippen molar-refractivity contribution in [3.05, 3.63) is 34.3 Å². The summed E-state index contributed by atoms with van der Waals surface area (Å²) in [6.07, 6.45) is 0. The first-order valence-corrected chi connectivity index (χ1v) is 8.20. The minimum Gasteiger partial charge on any atom is -0.351 e. The normalized spacial score (nSPS) is 11.6. The van der Waals surface area contributed by atoms with Crippen LogP contribution in [0.15, 0.2) is 28.7 Å². The lowest BCUT2D eigenvalue weighted by atomic mass is 10.2. The highest BCUT2D eigenvalue weighted by Gasteiger charge is 2.17. The molecule has 0 atom stereocenters. The standard InChI is InChI=1S/C12H17BrN2O3S/c1-3-19(17,18)15(2)9-12(16)14-8-10-4-6-11(13)7-5-10/h4-7H,3,8-9H2,1-2H3,(H,14,16). The van der Waals surface area contributed by atoms with Gasteiger partial charge in [0, 0.05) is 18.1 Å². The summed E-state index contributed by atoms with van der Waals surface area (Å²) < 4.78 is 25.0. The second-order valence-corrected chi connectivity index (χ2v) is 7.34. The monoisotopic (exact) mass is 348 g/mol. The molecular weight excluding hydrogens is 332 g/mol. The minimum absolute atomic E-state index is 0.0104. The fourth-order valence-corrected chi connectivity index (χ4v) is 2.40. The Morgan fingerprint density at radius 3 is 2.42 bits per heavy atom. The number of hydrogen-bond donors (Lipinski definition) is 1. The molecule has 0 saturated carbocycles. The molecule has 7 heteroatoms. The van der Waals surface area contributed by atoms with Gasteiger partial charge in [-0.05, 0) is 24.6 Å². The molecule has 0 aliphatic carbocycles. The molecule has 19 heavy (non-hydrogen) atoms. The molecule has 0 spiro atoms. The van der Waals surface area contributed by atoms with Crippen molar-refractivity contribution in [2.24, 2.45) is 0 Å². The molecular formula is C12H17BrN2O3S. The predicted molar refractivity (Wildman–Crippen MR) is 78.1 cm³/mol. The molecule has 1 amide bonds. The van der Waals surface area contributed by atoms with Crippen molar-refractivity contribution in [1.82, 2.24) is 9.62 Å². The number of hydrogen-bond acceptors (Lipinski definition) is 3. The van der Waals surface area contributed by atoms with Gasteiger partial charge in [-0.3, -0.25) is 4.79 Å². The van der Waals surface area contributed by atoms with E-state index in [1.165, 1.54) is 7.05 Å². The fourth-order valence-electron chi connectivity index (χ4n) is 1.38. The number of carbonyl (C=O) groups is 1. The summed E-state index contributed by atoms with van der Waals surface area (Å²) in [6.45, 7) is 1.77. The summed E-state index contributed by atoms with van der Waals surface area (Å²) in [6, 6.07) is 7.54. The molecule has 0 fully saturated rings. The Morgan fingerprint density at radius 2 is 1.89 bits per heavy atom.